The molecule has 16 heavy (non-hydrogen) atoms. The average molecular weight is 225 g/mol. The van der Waals surface area contributed by atoms with Crippen molar-refractivity contribution in [3.05, 3.63) is 0 Å². The van der Waals surface area contributed by atoms with Gasteiger partial charge >= 0.3 is 0 Å². The van der Waals surface area contributed by atoms with E-state index in [4.69, 9.17) is 0 Å². The maximum atomic E-state index is 11.2. The Bertz CT molecular complexity index is 240. The van der Waals surface area contributed by atoms with Crippen LogP contribution < -0.4 is 0 Å². The van der Waals surface area contributed by atoms with Crippen molar-refractivity contribution < 1.29 is 9.90 Å². The van der Waals surface area contributed by atoms with Crippen molar-refractivity contribution in [3.8, 4) is 0 Å². The van der Waals surface area contributed by atoms with Crippen LogP contribution in [0.15, 0.2) is 0 Å². The maximum absolute atomic E-state index is 11.2. The summed E-state index contributed by atoms with van der Waals surface area (Å²) in [5, 5.41) is 9.68. The van der Waals surface area contributed by atoms with Crippen LogP contribution in [-0.4, -0.2) is 40.5 Å². The van der Waals surface area contributed by atoms with Crippen molar-refractivity contribution in [2.45, 2.75) is 70.1 Å². The van der Waals surface area contributed by atoms with Gasteiger partial charge in [-0.15, -0.1) is 0 Å². The molecule has 2 rings (SSSR count). The topological polar surface area (TPSA) is 40.5 Å². The Labute approximate surface area is 97.8 Å². The quantitative estimate of drug-likeness (QED) is 0.774. The molecule has 2 aliphatic heterocycles. The van der Waals surface area contributed by atoms with E-state index in [1.165, 1.54) is 12.8 Å². The number of carbonyl (C=O) groups excluding carboxylic acids is 1. The summed E-state index contributed by atoms with van der Waals surface area (Å²) in [7, 11) is 0. The number of hydrogen-bond donors (Lipinski definition) is 1. The molecule has 3 nitrogen and oxygen atoms in total. The first-order chi connectivity index (χ1) is 7.70. The van der Waals surface area contributed by atoms with Gasteiger partial charge in [0.05, 0.1) is 6.10 Å². The molecular weight excluding hydrogens is 202 g/mol. The molecule has 2 bridgehead atoms. The van der Waals surface area contributed by atoms with E-state index in [0.717, 1.165) is 32.2 Å². The summed E-state index contributed by atoms with van der Waals surface area (Å²) in [4.78, 5) is 13.8. The molecule has 0 aromatic carbocycles. The number of piperidine rings is 1. The zero-order chi connectivity index (χ0) is 11.5. The number of Topliss-reactive ketones (excluding diaryl/α,β-unsaturated/α-hetero) is 1. The molecule has 2 heterocycles. The number of fused-ring (bicyclic) bond motifs is 2. The molecule has 3 heteroatoms. The van der Waals surface area contributed by atoms with Crippen molar-refractivity contribution in [2.24, 2.45) is 0 Å². The van der Waals surface area contributed by atoms with Crippen molar-refractivity contribution >= 4 is 5.78 Å². The van der Waals surface area contributed by atoms with Gasteiger partial charge in [-0.25, -0.2) is 0 Å². The van der Waals surface area contributed by atoms with E-state index in [1.807, 2.05) is 6.92 Å². The van der Waals surface area contributed by atoms with Gasteiger partial charge in [0.25, 0.3) is 0 Å². The monoisotopic (exact) mass is 225 g/mol. The molecule has 0 aromatic heterocycles. The summed E-state index contributed by atoms with van der Waals surface area (Å²) in [6.45, 7) is 2.98. The molecule has 2 unspecified atom stereocenters. The highest BCUT2D eigenvalue weighted by atomic mass is 16.3. The molecule has 0 aliphatic carbocycles. The summed E-state index contributed by atoms with van der Waals surface area (Å²) in [6, 6.07) is 1.18. The number of ketones is 1. The Balaban J connectivity index is 1.76. The minimum atomic E-state index is -0.0778. The van der Waals surface area contributed by atoms with Crippen LogP contribution in [0.2, 0.25) is 0 Å². The number of aliphatic hydroxyl groups excluding tert-OH is 1. The lowest BCUT2D eigenvalue weighted by Gasteiger charge is -2.37. The largest absolute Gasteiger partial charge is 0.393 e. The Morgan fingerprint density at radius 2 is 1.94 bits per heavy atom. The highest BCUT2D eigenvalue weighted by Gasteiger charge is 2.39. The average Bonchev–Trinajstić information content (AvgIpc) is 2.51. The second-order valence-electron chi connectivity index (χ2n) is 5.24. The third kappa shape index (κ3) is 2.64. The van der Waals surface area contributed by atoms with E-state index < -0.39 is 0 Å². The number of hydrogen-bond acceptors (Lipinski definition) is 3. The third-order valence-electron chi connectivity index (χ3n) is 4.13. The normalized spacial score (nSPS) is 34.2. The summed E-state index contributed by atoms with van der Waals surface area (Å²) in [6.07, 6.45) is 6.69. The smallest absolute Gasteiger partial charge is 0.132 e. The van der Waals surface area contributed by atoms with Gasteiger partial charge in [0.15, 0.2) is 0 Å². The fourth-order valence-electron chi connectivity index (χ4n) is 3.25. The minimum absolute atomic E-state index is 0.0778. The van der Waals surface area contributed by atoms with Gasteiger partial charge in [-0.3, -0.25) is 9.69 Å². The summed E-state index contributed by atoms with van der Waals surface area (Å²) >= 11 is 0. The Hall–Kier alpha value is -0.410. The highest BCUT2D eigenvalue weighted by molar-refractivity contribution is 5.77. The Morgan fingerprint density at radius 1 is 1.31 bits per heavy atom. The van der Waals surface area contributed by atoms with Gasteiger partial charge in [0.1, 0.15) is 5.78 Å². The van der Waals surface area contributed by atoms with Crippen LogP contribution in [0.1, 0.15) is 51.9 Å². The first kappa shape index (κ1) is 12.1. The second kappa shape index (κ2) is 5.28. The maximum Gasteiger partial charge on any atom is 0.132 e. The molecule has 2 fully saturated rings. The summed E-state index contributed by atoms with van der Waals surface area (Å²) in [5.41, 5.74) is 0. The zero-order valence-corrected chi connectivity index (χ0v) is 10.2. The Morgan fingerprint density at radius 3 is 2.50 bits per heavy atom. The van der Waals surface area contributed by atoms with E-state index in [2.05, 4.69) is 4.90 Å². The van der Waals surface area contributed by atoms with Crippen LogP contribution >= 0.6 is 0 Å². The molecule has 2 saturated heterocycles. The predicted octanol–water partition coefficient (Wildman–Crippen LogP) is 1.73. The van der Waals surface area contributed by atoms with Gasteiger partial charge in [0.2, 0.25) is 0 Å². The molecule has 0 saturated carbocycles. The summed E-state index contributed by atoms with van der Waals surface area (Å²) < 4.78 is 0. The standard InChI is InChI=1S/C13H23NO2/c1-2-12(15)4-3-7-14-10-5-6-11(14)9-13(16)8-10/h10-11,13,16H,2-9H2,1H3. The van der Waals surface area contributed by atoms with Crippen molar-refractivity contribution in [2.75, 3.05) is 6.54 Å². The first-order valence-corrected chi connectivity index (χ1v) is 6.66. The molecule has 1 N–H and O–H groups in total. The van der Waals surface area contributed by atoms with Crippen LogP contribution in [0.3, 0.4) is 0 Å². The number of nitrogens with zero attached hydrogens (tertiary/aromatic N) is 1. The fourth-order valence-corrected chi connectivity index (χ4v) is 3.25. The van der Waals surface area contributed by atoms with E-state index in [9.17, 15) is 9.90 Å². The molecule has 92 valence electrons. The fraction of sp³-hybridized carbons (Fsp3) is 0.923. The number of aliphatic hydroxyl groups is 1. The first-order valence-electron chi connectivity index (χ1n) is 6.66. The van der Waals surface area contributed by atoms with Gasteiger partial charge in [0, 0.05) is 24.9 Å². The molecule has 0 spiro atoms. The SMILES string of the molecule is CCC(=O)CCCN1C2CCC1CC(O)C2. The number of carbonyl (C=O) groups is 1. The molecule has 0 radical (unpaired) electrons. The van der Waals surface area contributed by atoms with Gasteiger partial charge in [-0.1, -0.05) is 6.92 Å². The van der Waals surface area contributed by atoms with Crippen molar-refractivity contribution in [1.29, 1.82) is 0 Å². The Kier molecular flexibility index (Phi) is 3.98. The van der Waals surface area contributed by atoms with Gasteiger partial charge < -0.3 is 5.11 Å². The molecular formula is C13H23NO2. The predicted molar refractivity (Wildman–Crippen MR) is 63.3 cm³/mol. The van der Waals surface area contributed by atoms with Crippen molar-refractivity contribution in [1.82, 2.24) is 4.90 Å². The summed E-state index contributed by atoms with van der Waals surface area (Å²) in [5.74, 6) is 0.379. The lowest BCUT2D eigenvalue weighted by molar-refractivity contribution is -0.119. The second-order valence-corrected chi connectivity index (χ2v) is 5.24. The van der Waals surface area contributed by atoms with Crippen molar-refractivity contribution in [3.63, 3.8) is 0 Å². The molecule has 2 atom stereocenters. The van der Waals surface area contributed by atoms with E-state index in [-0.39, 0.29) is 6.10 Å². The van der Waals surface area contributed by atoms with Crippen LogP contribution in [0.4, 0.5) is 0 Å². The number of rotatable bonds is 5. The van der Waals surface area contributed by atoms with E-state index in [0.29, 0.717) is 24.3 Å². The zero-order valence-electron chi connectivity index (χ0n) is 10.2. The third-order valence-corrected chi connectivity index (χ3v) is 4.13. The van der Waals surface area contributed by atoms with E-state index in [1.54, 1.807) is 0 Å². The van der Waals surface area contributed by atoms with Crippen LogP contribution in [-0.2, 0) is 4.79 Å². The lowest BCUT2D eigenvalue weighted by Crippen LogP contribution is -2.45. The van der Waals surface area contributed by atoms with Crippen LogP contribution in [0.5, 0.6) is 0 Å². The highest BCUT2D eigenvalue weighted by Crippen LogP contribution is 2.35. The van der Waals surface area contributed by atoms with Crippen LogP contribution in [0, 0.1) is 0 Å². The van der Waals surface area contributed by atoms with E-state index >= 15 is 0 Å². The molecule has 2 aliphatic rings. The molecule has 0 amide bonds. The lowest BCUT2D eigenvalue weighted by atomic mass is 9.99. The van der Waals surface area contributed by atoms with Gasteiger partial charge in [-0.2, -0.15) is 0 Å². The minimum Gasteiger partial charge on any atom is -0.393 e. The molecule has 0 aromatic rings. The van der Waals surface area contributed by atoms with Gasteiger partial charge in [-0.05, 0) is 38.6 Å². The van der Waals surface area contributed by atoms with Crippen LogP contribution in [0.25, 0.3) is 0 Å².